The van der Waals surface area contributed by atoms with E-state index in [0.717, 1.165) is 31.9 Å². The lowest BCUT2D eigenvalue weighted by Crippen LogP contribution is -2.43. The molecule has 1 saturated heterocycles. The van der Waals surface area contributed by atoms with Crippen molar-refractivity contribution in [3.63, 3.8) is 0 Å². The predicted octanol–water partition coefficient (Wildman–Crippen LogP) is 0.784. The monoisotopic (exact) mass is 343 g/mol. The van der Waals surface area contributed by atoms with E-state index < -0.39 is 5.97 Å². The van der Waals surface area contributed by atoms with Crippen molar-refractivity contribution in [3.8, 4) is 0 Å². The van der Waals surface area contributed by atoms with Crippen LogP contribution in [0.15, 0.2) is 24.5 Å². The Labute approximate surface area is 145 Å². The van der Waals surface area contributed by atoms with E-state index in [4.69, 9.17) is 10.5 Å². The van der Waals surface area contributed by atoms with Gasteiger partial charge in [0.25, 0.3) is 0 Å². The zero-order chi connectivity index (χ0) is 17.6. The van der Waals surface area contributed by atoms with E-state index in [1.165, 1.54) is 6.20 Å². The highest BCUT2D eigenvalue weighted by atomic mass is 16.5. The zero-order valence-electron chi connectivity index (χ0n) is 14.0. The molecule has 2 aromatic rings. The number of rotatable bonds is 5. The number of nitrogen functional groups attached to an aromatic ring is 1. The fraction of sp³-hybridized carbons (Fsp3) is 0.375. The van der Waals surface area contributed by atoms with Crippen LogP contribution in [0.2, 0.25) is 0 Å². The molecule has 0 amide bonds. The van der Waals surface area contributed by atoms with E-state index in [0.29, 0.717) is 5.82 Å². The molecule has 25 heavy (non-hydrogen) atoms. The smallest absolute Gasteiger partial charge is 0.343 e. The molecule has 0 aliphatic carbocycles. The van der Waals surface area contributed by atoms with Crippen molar-refractivity contribution in [2.45, 2.75) is 6.92 Å². The number of nitrogens with two attached hydrogens (primary N) is 1. The Hall–Kier alpha value is -2.94. The third-order valence-electron chi connectivity index (χ3n) is 3.78. The van der Waals surface area contributed by atoms with Crippen molar-refractivity contribution < 1.29 is 9.53 Å². The number of hydrogen-bond acceptors (Lipinski definition) is 9. The zero-order valence-corrected chi connectivity index (χ0v) is 14.0. The van der Waals surface area contributed by atoms with Crippen molar-refractivity contribution in [2.24, 2.45) is 0 Å². The summed E-state index contributed by atoms with van der Waals surface area (Å²) in [5.74, 6) is 0.397. The number of nitrogens with one attached hydrogen (secondary N) is 2. The molecule has 0 radical (unpaired) electrons. The summed E-state index contributed by atoms with van der Waals surface area (Å²) in [6, 6.07) is 3.85. The second kappa shape index (κ2) is 7.75. The number of piperazine rings is 1. The Morgan fingerprint density at radius 3 is 2.76 bits per heavy atom. The maximum atomic E-state index is 11.7. The minimum Gasteiger partial charge on any atom is -0.462 e. The molecule has 0 bridgehead atoms. The average molecular weight is 343 g/mol. The molecule has 3 rings (SSSR count). The first-order valence-corrected chi connectivity index (χ1v) is 8.15. The third-order valence-corrected chi connectivity index (χ3v) is 3.78. The van der Waals surface area contributed by atoms with E-state index in [1.807, 2.05) is 18.3 Å². The largest absolute Gasteiger partial charge is 0.462 e. The lowest BCUT2D eigenvalue weighted by molar-refractivity contribution is 0.0527. The van der Waals surface area contributed by atoms with Gasteiger partial charge in [-0.05, 0) is 19.1 Å². The van der Waals surface area contributed by atoms with Gasteiger partial charge in [0.1, 0.15) is 17.2 Å². The SMILES string of the molecule is CCOC(=O)c1cnc(Nc2ccc(N3CCNCC3)cn2)nc1N. The minimum absolute atomic E-state index is 0.0633. The Morgan fingerprint density at radius 1 is 1.32 bits per heavy atom. The summed E-state index contributed by atoms with van der Waals surface area (Å²) in [6.07, 6.45) is 3.15. The molecule has 1 aliphatic heterocycles. The fourth-order valence-corrected chi connectivity index (χ4v) is 2.51. The fourth-order valence-electron chi connectivity index (χ4n) is 2.51. The van der Waals surface area contributed by atoms with Crippen LogP contribution in [0.3, 0.4) is 0 Å². The second-order valence-electron chi connectivity index (χ2n) is 5.48. The van der Waals surface area contributed by atoms with Gasteiger partial charge in [-0.3, -0.25) is 0 Å². The second-order valence-corrected chi connectivity index (χ2v) is 5.48. The first-order chi connectivity index (χ1) is 12.2. The van der Waals surface area contributed by atoms with E-state index in [1.54, 1.807) is 6.92 Å². The predicted molar refractivity (Wildman–Crippen MR) is 95.0 cm³/mol. The standard InChI is InChI=1S/C16H21N7O2/c1-2-25-15(24)12-10-20-16(22-14(12)17)21-13-4-3-11(9-19-13)23-7-5-18-6-8-23/h3-4,9-10,18H,2,5-8H2,1H3,(H3,17,19,20,21,22). The number of ether oxygens (including phenoxy) is 1. The van der Waals surface area contributed by atoms with Crippen LogP contribution < -0.4 is 21.3 Å². The Balaban J connectivity index is 1.67. The average Bonchev–Trinajstić information content (AvgIpc) is 2.63. The molecule has 3 heterocycles. The van der Waals surface area contributed by atoms with Crippen LogP contribution in [-0.2, 0) is 4.74 Å². The summed E-state index contributed by atoms with van der Waals surface area (Å²) in [6.45, 7) is 5.86. The number of hydrogen-bond donors (Lipinski definition) is 3. The summed E-state index contributed by atoms with van der Waals surface area (Å²) in [7, 11) is 0. The summed E-state index contributed by atoms with van der Waals surface area (Å²) in [5.41, 5.74) is 7.02. The highest BCUT2D eigenvalue weighted by Crippen LogP contribution is 2.18. The molecule has 1 fully saturated rings. The topological polar surface area (TPSA) is 118 Å². The Bertz CT molecular complexity index is 730. The molecule has 2 aromatic heterocycles. The van der Waals surface area contributed by atoms with Gasteiger partial charge >= 0.3 is 5.97 Å². The first kappa shape index (κ1) is 16.9. The van der Waals surface area contributed by atoms with Crippen molar-refractivity contribution in [1.82, 2.24) is 20.3 Å². The van der Waals surface area contributed by atoms with Crippen LogP contribution in [0.5, 0.6) is 0 Å². The number of nitrogens with zero attached hydrogens (tertiary/aromatic N) is 4. The van der Waals surface area contributed by atoms with E-state index in [2.05, 4.69) is 30.5 Å². The van der Waals surface area contributed by atoms with Gasteiger partial charge in [0.2, 0.25) is 5.95 Å². The van der Waals surface area contributed by atoms with Crippen LogP contribution in [0.4, 0.5) is 23.3 Å². The first-order valence-electron chi connectivity index (χ1n) is 8.15. The maximum Gasteiger partial charge on any atom is 0.343 e. The van der Waals surface area contributed by atoms with Gasteiger partial charge in [-0.15, -0.1) is 0 Å². The normalized spacial score (nSPS) is 14.2. The van der Waals surface area contributed by atoms with Crippen LogP contribution in [0.25, 0.3) is 0 Å². The van der Waals surface area contributed by atoms with Crippen molar-refractivity contribution in [1.29, 1.82) is 0 Å². The highest BCUT2D eigenvalue weighted by molar-refractivity contribution is 5.93. The number of pyridine rings is 1. The number of carbonyl (C=O) groups is 1. The van der Waals surface area contributed by atoms with Crippen LogP contribution in [0.1, 0.15) is 17.3 Å². The molecule has 0 saturated carbocycles. The van der Waals surface area contributed by atoms with Crippen LogP contribution in [0, 0.1) is 0 Å². The Morgan fingerprint density at radius 2 is 2.12 bits per heavy atom. The van der Waals surface area contributed by atoms with Gasteiger partial charge < -0.3 is 26.0 Å². The molecule has 0 atom stereocenters. The summed E-state index contributed by atoms with van der Waals surface area (Å²) >= 11 is 0. The third kappa shape index (κ3) is 4.13. The van der Waals surface area contributed by atoms with E-state index >= 15 is 0 Å². The van der Waals surface area contributed by atoms with Gasteiger partial charge in [0.05, 0.1) is 18.5 Å². The summed E-state index contributed by atoms with van der Waals surface area (Å²) < 4.78 is 4.90. The van der Waals surface area contributed by atoms with Crippen molar-refractivity contribution in [3.05, 3.63) is 30.1 Å². The molecule has 0 spiro atoms. The maximum absolute atomic E-state index is 11.7. The number of anilines is 4. The molecule has 4 N–H and O–H groups in total. The lowest BCUT2D eigenvalue weighted by atomic mass is 10.3. The minimum atomic E-state index is -0.537. The lowest BCUT2D eigenvalue weighted by Gasteiger charge is -2.29. The molecule has 9 nitrogen and oxygen atoms in total. The molecule has 0 unspecified atom stereocenters. The summed E-state index contributed by atoms with van der Waals surface area (Å²) in [4.78, 5) is 26.5. The van der Waals surface area contributed by atoms with Crippen LogP contribution >= 0.6 is 0 Å². The van der Waals surface area contributed by atoms with Gasteiger partial charge in [0.15, 0.2) is 0 Å². The summed E-state index contributed by atoms with van der Waals surface area (Å²) in [5, 5.41) is 6.30. The Kier molecular flexibility index (Phi) is 5.24. The molecule has 132 valence electrons. The molecule has 0 aromatic carbocycles. The number of aromatic nitrogens is 3. The van der Waals surface area contributed by atoms with Gasteiger partial charge in [-0.1, -0.05) is 0 Å². The van der Waals surface area contributed by atoms with Crippen LogP contribution in [-0.4, -0.2) is 53.7 Å². The van der Waals surface area contributed by atoms with Gasteiger partial charge in [-0.2, -0.15) is 4.98 Å². The van der Waals surface area contributed by atoms with E-state index in [9.17, 15) is 4.79 Å². The number of carbonyl (C=O) groups excluding carboxylic acids is 1. The molecule has 9 heteroatoms. The van der Waals surface area contributed by atoms with Gasteiger partial charge in [0, 0.05) is 32.4 Å². The number of esters is 1. The highest BCUT2D eigenvalue weighted by Gasteiger charge is 2.14. The van der Waals surface area contributed by atoms with Gasteiger partial charge in [-0.25, -0.2) is 14.8 Å². The molecule has 1 aliphatic rings. The molecular formula is C16H21N7O2. The van der Waals surface area contributed by atoms with E-state index in [-0.39, 0.29) is 23.9 Å². The van der Waals surface area contributed by atoms with Crippen molar-refractivity contribution >= 4 is 29.2 Å². The molecular weight excluding hydrogens is 322 g/mol. The van der Waals surface area contributed by atoms with Crippen molar-refractivity contribution in [2.75, 3.05) is 48.7 Å². The quantitative estimate of drug-likeness (QED) is 0.677.